The molecule has 190 valence electrons. The van der Waals surface area contributed by atoms with Gasteiger partial charge in [-0.15, -0.1) is 0 Å². The van der Waals surface area contributed by atoms with E-state index in [-0.39, 0.29) is 16.7 Å². The number of nitrogens with one attached hydrogen (secondary N) is 1. The quantitative estimate of drug-likeness (QED) is 0.446. The fraction of sp³-hybridized carbons (Fsp3) is 0.643. The first-order valence-corrected chi connectivity index (χ1v) is 13.1. The minimum absolute atomic E-state index is 0.0145. The fourth-order valence-electron chi connectivity index (χ4n) is 6.34. The first kappa shape index (κ1) is 24.7. The number of halogens is 3. The summed E-state index contributed by atoms with van der Waals surface area (Å²) in [4.78, 5) is 8.97. The summed E-state index contributed by atoms with van der Waals surface area (Å²) in [5.41, 5.74) is 2.29. The minimum atomic E-state index is -4.38. The number of rotatable bonds is 7. The normalized spacial score (nSPS) is 24.6. The SMILES string of the molecule is Cc1ncc(CNCCC2(c3ccc(C4CCC4)cn3)CCOC3(CCCC3)C2)cc1C(F)(F)F. The van der Waals surface area contributed by atoms with Crippen LogP contribution in [0.2, 0.25) is 0 Å². The van der Waals surface area contributed by atoms with Crippen molar-refractivity contribution in [3.8, 4) is 0 Å². The van der Waals surface area contributed by atoms with E-state index in [4.69, 9.17) is 9.72 Å². The van der Waals surface area contributed by atoms with Crippen LogP contribution in [0.25, 0.3) is 0 Å². The topological polar surface area (TPSA) is 47.0 Å². The van der Waals surface area contributed by atoms with E-state index >= 15 is 0 Å². The highest BCUT2D eigenvalue weighted by Crippen LogP contribution is 2.50. The summed E-state index contributed by atoms with van der Waals surface area (Å²) < 4.78 is 46.2. The number of hydrogen-bond acceptors (Lipinski definition) is 4. The molecule has 3 heterocycles. The Hall–Kier alpha value is -1.99. The monoisotopic (exact) mass is 487 g/mol. The molecular weight excluding hydrogens is 451 g/mol. The molecule has 1 atom stereocenters. The Bertz CT molecular complexity index is 1010. The summed E-state index contributed by atoms with van der Waals surface area (Å²) >= 11 is 0. The van der Waals surface area contributed by atoms with Gasteiger partial charge in [0.05, 0.1) is 11.2 Å². The van der Waals surface area contributed by atoms with Gasteiger partial charge < -0.3 is 10.1 Å². The van der Waals surface area contributed by atoms with Crippen LogP contribution in [0, 0.1) is 6.92 Å². The van der Waals surface area contributed by atoms with Crippen LogP contribution in [-0.4, -0.2) is 28.7 Å². The molecule has 1 aliphatic heterocycles. The van der Waals surface area contributed by atoms with Crippen LogP contribution in [0.5, 0.6) is 0 Å². The predicted molar refractivity (Wildman–Crippen MR) is 129 cm³/mol. The van der Waals surface area contributed by atoms with Crippen LogP contribution in [0.1, 0.15) is 98.2 Å². The maximum Gasteiger partial charge on any atom is 0.418 e. The number of pyridine rings is 2. The molecule has 1 unspecified atom stereocenters. The maximum atomic E-state index is 13.3. The Morgan fingerprint density at radius 2 is 1.86 bits per heavy atom. The van der Waals surface area contributed by atoms with Crippen LogP contribution in [0.15, 0.2) is 30.6 Å². The number of aryl methyl sites for hydroxylation is 1. The van der Waals surface area contributed by atoms with E-state index in [9.17, 15) is 13.2 Å². The van der Waals surface area contributed by atoms with E-state index in [2.05, 4.69) is 28.6 Å². The number of nitrogens with zero attached hydrogens (tertiary/aromatic N) is 2. The van der Waals surface area contributed by atoms with E-state index in [1.807, 2.05) is 0 Å². The third kappa shape index (κ3) is 5.26. The van der Waals surface area contributed by atoms with Crippen molar-refractivity contribution in [2.45, 2.75) is 101 Å². The summed E-state index contributed by atoms with van der Waals surface area (Å²) in [5, 5.41) is 3.39. The summed E-state index contributed by atoms with van der Waals surface area (Å²) in [7, 11) is 0. The molecule has 0 amide bonds. The van der Waals surface area contributed by atoms with Crippen molar-refractivity contribution in [2.24, 2.45) is 0 Å². The highest BCUT2D eigenvalue weighted by Gasteiger charge is 2.48. The summed E-state index contributed by atoms with van der Waals surface area (Å²) in [6.07, 6.45) is 10.5. The van der Waals surface area contributed by atoms with Gasteiger partial charge in [-0.25, -0.2) is 0 Å². The molecule has 2 aromatic heterocycles. The molecule has 3 aliphatic rings. The number of hydrogen-bond donors (Lipinski definition) is 1. The lowest BCUT2D eigenvalue weighted by Gasteiger charge is -2.46. The molecule has 35 heavy (non-hydrogen) atoms. The third-order valence-electron chi connectivity index (χ3n) is 8.63. The molecule has 0 radical (unpaired) electrons. The molecule has 2 saturated carbocycles. The van der Waals surface area contributed by atoms with E-state index < -0.39 is 11.7 Å². The zero-order chi connectivity index (χ0) is 24.5. The van der Waals surface area contributed by atoms with E-state index in [1.165, 1.54) is 56.9 Å². The number of aromatic nitrogens is 2. The highest BCUT2D eigenvalue weighted by molar-refractivity contribution is 5.28. The molecule has 3 fully saturated rings. The molecule has 4 nitrogen and oxygen atoms in total. The zero-order valence-corrected chi connectivity index (χ0v) is 20.6. The van der Waals surface area contributed by atoms with Gasteiger partial charge >= 0.3 is 6.18 Å². The Morgan fingerprint density at radius 1 is 1.06 bits per heavy atom. The minimum Gasteiger partial charge on any atom is -0.375 e. The molecule has 0 bridgehead atoms. The van der Waals surface area contributed by atoms with E-state index in [0.717, 1.165) is 44.4 Å². The smallest absolute Gasteiger partial charge is 0.375 e. The largest absolute Gasteiger partial charge is 0.418 e. The van der Waals surface area contributed by atoms with Gasteiger partial charge in [-0.05, 0) is 87.6 Å². The van der Waals surface area contributed by atoms with Crippen LogP contribution in [-0.2, 0) is 22.9 Å². The summed E-state index contributed by atoms with van der Waals surface area (Å²) in [5.74, 6) is 0.662. The fourth-order valence-corrected chi connectivity index (χ4v) is 6.34. The van der Waals surface area contributed by atoms with Crippen molar-refractivity contribution in [2.75, 3.05) is 13.2 Å². The molecule has 1 spiro atoms. The Morgan fingerprint density at radius 3 is 2.51 bits per heavy atom. The molecular formula is C28H36F3N3O. The van der Waals surface area contributed by atoms with Crippen molar-refractivity contribution in [3.63, 3.8) is 0 Å². The van der Waals surface area contributed by atoms with Gasteiger partial charge in [-0.3, -0.25) is 9.97 Å². The van der Waals surface area contributed by atoms with Crippen LogP contribution < -0.4 is 5.32 Å². The van der Waals surface area contributed by atoms with E-state index in [0.29, 0.717) is 24.6 Å². The average molecular weight is 488 g/mol. The van der Waals surface area contributed by atoms with Crippen LogP contribution in [0.3, 0.4) is 0 Å². The van der Waals surface area contributed by atoms with E-state index in [1.54, 1.807) is 0 Å². The first-order chi connectivity index (χ1) is 16.8. The average Bonchev–Trinajstić information content (AvgIpc) is 3.23. The lowest BCUT2D eigenvalue weighted by Crippen LogP contribution is -2.47. The first-order valence-electron chi connectivity index (χ1n) is 13.1. The Labute approximate surface area is 206 Å². The maximum absolute atomic E-state index is 13.3. The number of alkyl halides is 3. The lowest BCUT2D eigenvalue weighted by atomic mass is 9.67. The highest BCUT2D eigenvalue weighted by atomic mass is 19.4. The van der Waals surface area contributed by atoms with Gasteiger partial charge in [0.1, 0.15) is 0 Å². The van der Waals surface area contributed by atoms with Crippen molar-refractivity contribution in [1.82, 2.24) is 15.3 Å². The van der Waals surface area contributed by atoms with Crippen LogP contribution >= 0.6 is 0 Å². The Kier molecular flexibility index (Phi) is 6.92. The second-order valence-electron chi connectivity index (χ2n) is 11.0. The summed E-state index contributed by atoms with van der Waals surface area (Å²) in [6, 6.07) is 5.73. The molecule has 1 saturated heterocycles. The lowest BCUT2D eigenvalue weighted by molar-refractivity contribution is -0.138. The van der Waals surface area contributed by atoms with Crippen molar-refractivity contribution < 1.29 is 17.9 Å². The van der Waals surface area contributed by atoms with Gasteiger partial charge in [0.15, 0.2) is 0 Å². The number of ether oxygens (including phenoxy) is 1. The molecule has 5 rings (SSSR count). The van der Waals surface area contributed by atoms with Gasteiger partial charge in [-0.2, -0.15) is 13.2 Å². The van der Waals surface area contributed by atoms with Crippen molar-refractivity contribution in [3.05, 3.63) is 58.7 Å². The van der Waals surface area contributed by atoms with Gasteiger partial charge in [0.25, 0.3) is 0 Å². The van der Waals surface area contributed by atoms with Gasteiger partial charge in [0.2, 0.25) is 0 Å². The molecule has 2 aromatic rings. The molecule has 1 N–H and O–H groups in total. The predicted octanol–water partition coefficient (Wildman–Crippen LogP) is 6.61. The summed E-state index contributed by atoms with van der Waals surface area (Å²) in [6.45, 7) is 3.21. The van der Waals surface area contributed by atoms with Crippen molar-refractivity contribution in [1.29, 1.82) is 0 Å². The van der Waals surface area contributed by atoms with Gasteiger partial charge in [0, 0.05) is 42.3 Å². The Balaban J connectivity index is 1.30. The van der Waals surface area contributed by atoms with Crippen molar-refractivity contribution >= 4 is 0 Å². The molecule has 7 heteroatoms. The van der Waals surface area contributed by atoms with Crippen LogP contribution in [0.4, 0.5) is 13.2 Å². The second kappa shape index (κ2) is 9.81. The molecule has 2 aliphatic carbocycles. The third-order valence-corrected chi connectivity index (χ3v) is 8.63. The zero-order valence-electron chi connectivity index (χ0n) is 20.6. The standard InChI is InChI=1S/C28H36F3N3O/c1-20-24(28(29,30)31)15-21(17-33-20)16-32-13-11-26(12-14-35-27(19-26)9-2-3-10-27)25-8-7-23(18-34-25)22-5-4-6-22/h7-8,15,17-18,22,32H,2-6,9-14,16,19H2,1H3. The van der Waals surface area contributed by atoms with Gasteiger partial charge in [-0.1, -0.05) is 25.3 Å². The second-order valence-corrected chi connectivity index (χ2v) is 11.0. The molecule has 0 aromatic carbocycles.